The van der Waals surface area contributed by atoms with Gasteiger partial charge >= 0.3 is 0 Å². The SMILES string of the molecule is Cc1ccccc1/C=C/C(=O)c1sc(NC(N)=S)nc1C. The molecule has 1 aromatic carbocycles. The Morgan fingerprint density at radius 3 is 2.76 bits per heavy atom. The third kappa shape index (κ3) is 3.96. The first-order valence-corrected chi connectivity index (χ1v) is 7.52. The number of hydrogen-bond acceptors (Lipinski definition) is 4. The lowest BCUT2D eigenvalue weighted by molar-refractivity contribution is 0.105. The van der Waals surface area contributed by atoms with Crippen LogP contribution < -0.4 is 11.1 Å². The lowest BCUT2D eigenvalue weighted by Crippen LogP contribution is -2.18. The molecule has 108 valence electrons. The Balaban J connectivity index is 2.19. The molecule has 21 heavy (non-hydrogen) atoms. The molecular weight excluding hydrogens is 302 g/mol. The van der Waals surface area contributed by atoms with Crippen LogP contribution in [0.1, 0.15) is 26.5 Å². The summed E-state index contributed by atoms with van der Waals surface area (Å²) in [5.41, 5.74) is 8.21. The van der Waals surface area contributed by atoms with E-state index in [0.717, 1.165) is 11.1 Å². The number of nitrogens with two attached hydrogens (primary N) is 1. The van der Waals surface area contributed by atoms with Crippen molar-refractivity contribution in [2.24, 2.45) is 5.73 Å². The monoisotopic (exact) mass is 317 g/mol. The van der Waals surface area contributed by atoms with Gasteiger partial charge in [-0.1, -0.05) is 41.7 Å². The second-order valence-electron chi connectivity index (χ2n) is 4.48. The molecular formula is C15H15N3OS2. The smallest absolute Gasteiger partial charge is 0.197 e. The van der Waals surface area contributed by atoms with Crippen LogP contribution in [0.3, 0.4) is 0 Å². The van der Waals surface area contributed by atoms with Gasteiger partial charge in [0.2, 0.25) is 0 Å². The molecule has 0 saturated heterocycles. The number of benzene rings is 1. The van der Waals surface area contributed by atoms with Gasteiger partial charge in [0.25, 0.3) is 0 Å². The van der Waals surface area contributed by atoms with E-state index in [1.54, 1.807) is 13.0 Å². The van der Waals surface area contributed by atoms with Gasteiger partial charge in [0.05, 0.1) is 10.6 Å². The van der Waals surface area contributed by atoms with Gasteiger partial charge in [-0.2, -0.15) is 0 Å². The molecule has 0 unspecified atom stereocenters. The van der Waals surface area contributed by atoms with Crippen molar-refractivity contribution in [1.29, 1.82) is 0 Å². The van der Waals surface area contributed by atoms with Crippen LogP contribution in [0.5, 0.6) is 0 Å². The fourth-order valence-electron chi connectivity index (χ4n) is 1.80. The number of thiocarbonyl (C=S) groups is 1. The molecule has 1 heterocycles. The first kappa shape index (κ1) is 15.3. The van der Waals surface area contributed by atoms with Crippen molar-refractivity contribution in [1.82, 2.24) is 4.98 Å². The van der Waals surface area contributed by atoms with Crippen LogP contribution in [0.25, 0.3) is 6.08 Å². The second-order valence-corrected chi connectivity index (χ2v) is 5.92. The summed E-state index contributed by atoms with van der Waals surface area (Å²) in [5.74, 6) is -0.0794. The van der Waals surface area contributed by atoms with E-state index in [0.29, 0.717) is 15.7 Å². The number of carbonyl (C=O) groups excluding carboxylic acids is 1. The number of hydrogen-bond donors (Lipinski definition) is 2. The van der Waals surface area contributed by atoms with Crippen LogP contribution in [0.2, 0.25) is 0 Å². The molecule has 3 N–H and O–H groups in total. The summed E-state index contributed by atoms with van der Waals surface area (Å²) in [5, 5.41) is 3.42. The minimum Gasteiger partial charge on any atom is -0.376 e. The van der Waals surface area contributed by atoms with Crippen molar-refractivity contribution in [2.75, 3.05) is 5.32 Å². The van der Waals surface area contributed by atoms with Gasteiger partial charge in [-0.05, 0) is 43.3 Å². The molecule has 0 fully saturated rings. The predicted octanol–water partition coefficient (Wildman–Crippen LogP) is 3.31. The molecule has 0 aliphatic rings. The van der Waals surface area contributed by atoms with Crippen molar-refractivity contribution >= 4 is 45.7 Å². The fraction of sp³-hybridized carbons (Fsp3) is 0.133. The maximum absolute atomic E-state index is 12.2. The third-order valence-electron chi connectivity index (χ3n) is 2.85. The molecule has 0 aliphatic heterocycles. The molecule has 4 nitrogen and oxygen atoms in total. The number of carbonyl (C=O) groups is 1. The highest BCUT2D eigenvalue weighted by Gasteiger charge is 2.13. The number of ketones is 1. The van der Waals surface area contributed by atoms with Crippen LogP contribution in [-0.2, 0) is 0 Å². The predicted molar refractivity (Wildman–Crippen MR) is 91.8 cm³/mol. The van der Waals surface area contributed by atoms with Gasteiger partial charge < -0.3 is 11.1 Å². The molecule has 2 rings (SSSR count). The van der Waals surface area contributed by atoms with Gasteiger partial charge in [0.1, 0.15) is 0 Å². The van der Waals surface area contributed by atoms with Crippen molar-refractivity contribution < 1.29 is 4.79 Å². The number of aryl methyl sites for hydroxylation is 2. The maximum Gasteiger partial charge on any atom is 0.197 e. The Morgan fingerprint density at radius 2 is 2.10 bits per heavy atom. The normalized spacial score (nSPS) is 10.8. The van der Waals surface area contributed by atoms with Crippen molar-refractivity contribution in [3.63, 3.8) is 0 Å². The largest absolute Gasteiger partial charge is 0.376 e. The van der Waals surface area contributed by atoms with Gasteiger partial charge in [-0.3, -0.25) is 4.79 Å². The van der Waals surface area contributed by atoms with E-state index >= 15 is 0 Å². The van der Waals surface area contributed by atoms with E-state index in [9.17, 15) is 4.79 Å². The van der Waals surface area contributed by atoms with Gasteiger partial charge in [0.15, 0.2) is 16.0 Å². The first-order chi connectivity index (χ1) is 9.97. The van der Waals surface area contributed by atoms with Crippen LogP contribution in [0.4, 0.5) is 5.13 Å². The van der Waals surface area contributed by atoms with E-state index in [4.69, 9.17) is 18.0 Å². The van der Waals surface area contributed by atoms with E-state index in [1.807, 2.05) is 37.3 Å². The zero-order chi connectivity index (χ0) is 15.4. The molecule has 0 atom stereocenters. The van der Waals surface area contributed by atoms with E-state index < -0.39 is 0 Å². The summed E-state index contributed by atoms with van der Waals surface area (Å²) in [4.78, 5) is 17.1. The Hall–Kier alpha value is -2.05. The number of thiazole rings is 1. The van der Waals surface area contributed by atoms with Crippen LogP contribution in [0.15, 0.2) is 30.3 Å². The first-order valence-electron chi connectivity index (χ1n) is 6.29. The lowest BCUT2D eigenvalue weighted by atomic mass is 10.1. The standard InChI is InChI=1S/C15H15N3OS2/c1-9-5-3-4-6-11(9)7-8-12(19)13-10(2)17-15(21-13)18-14(16)20/h3-8H,1-2H3,(H3,16,17,18,20)/b8-7+. The molecule has 0 bridgehead atoms. The average molecular weight is 317 g/mol. The average Bonchev–Trinajstić information content (AvgIpc) is 2.77. The Morgan fingerprint density at radius 1 is 1.38 bits per heavy atom. The van der Waals surface area contributed by atoms with E-state index in [1.165, 1.54) is 11.3 Å². The highest BCUT2D eigenvalue weighted by molar-refractivity contribution is 7.80. The highest BCUT2D eigenvalue weighted by atomic mass is 32.1. The zero-order valence-electron chi connectivity index (χ0n) is 11.7. The lowest BCUT2D eigenvalue weighted by Gasteiger charge is -1.98. The van der Waals surface area contributed by atoms with E-state index in [2.05, 4.69) is 10.3 Å². The molecule has 1 aromatic heterocycles. The number of allylic oxidation sites excluding steroid dienone is 1. The van der Waals surface area contributed by atoms with Crippen molar-refractivity contribution in [2.45, 2.75) is 13.8 Å². The topological polar surface area (TPSA) is 68.0 Å². The Kier molecular flexibility index (Phi) is 4.82. The molecule has 0 saturated carbocycles. The van der Waals surface area contributed by atoms with Gasteiger partial charge in [-0.25, -0.2) is 4.98 Å². The summed E-state index contributed by atoms with van der Waals surface area (Å²) < 4.78 is 0. The van der Waals surface area contributed by atoms with Crippen LogP contribution >= 0.6 is 23.6 Å². The number of nitrogens with zero attached hydrogens (tertiary/aromatic N) is 1. The quantitative estimate of drug-likeness (QED) is 0.514. The Bertz CT molecular complexity index is 719. The minimum absolute atomic E-state index is 0.0794. The van der Waals surface area contributed by atoms with Crippen LogP contribution in [0, 0.1) is 13.8 Å². The minimum atomic E-state index is -0.0794. The second kappa shape index (κ2) is 6.60. The molecule has 2 aromatic rings. The summed E-state index contributed by atoms with van der Waals surface area (Å²) in [7, 11) is 0. The van der Waals surface area contributed by atoms with Gasteiger partial charge in [0, 0.05) is 0 Å². The summed E-state index contributed by atoms with van der Waals surface area (Å²) in [6, 6.07) is 7.89. The maximum atomic E-state index is 12.2. The van der Waals surface area contributed by atoms with Crippen molar-refractivity contribution in [3.05, 3.63) is 52.0 Å². The number of anilines is 1. The summed E-state index contributed by atoms with van der Waals surface area (Å²) >= 11 is 6.00. The molecule has 0 spiro atoms. The van der Waals surface area contributed by atoms with Gasteiger partial charge in [-0.15, -0.1) is 0 Å². The molecule has 0 radical (unpaired) electrons. The fourth-order valence-corrected chi connectivity index (χ4v) is 2.86. The zero-order valence-corrected chi connectivity index (χ0v) is 13.3. The van der Waals surface area contributed by atoms with Crippen LogP contribution in [-0.4, -0.2) is 15.9 Å². The number of rotatable bonds is 4. The summed E-state index contributed by atoms with van der Waals surface area (Å²) in [6.07, 6.45) is 3.38. The molecule has 0 aliphatic carbocycles. The third-order valence-corrected chi connectivity index (χ3v) is 4.04. The van der Waals surface area contributed by atoms with Crippen molar-refractivity contribution in [3.8, 4) is 0 Å². The summed E-state index contributed by atoms with van der Waals surface area (Å²) in [6.45, 7) is 3.79. The molecule has 6 heteroatoms. The number of nitrogens with one attached hydrogen (secondary N) is 1. The highest BCUT2D eigenvalue weighted by Crippen LogP contribution is 2.23. The Labute approximate surface area is 132 Å². The molecule has 0 amide bonds. The number of aromatic nitrogens is 1. The van der Waals surface area contributed by atoms with E-state index in [-0.39, 0.29) is 10.9 Å².